The van der Waals surface area contributed by atoms with Gasteiger partial charge in [-0.25, -0.2) is 0 Å². The fourth-order valence-electron chi connectivity index (χ4n) is 1.26. The molecule has 0 aromatic carbocycles. The molecule has 0 heterocycles. The number of hydrogen-bond acceptors (Lipinski definition) is 6. The van der Waals surface area contributed by atoms with Gasteiger partial charge in [-0.1, -0.05) is 0 Å². The molecular formula is C11H20N4O6. The van der Waals surface area contributed by atoms with Crippen molar-refractivity contribution in [1.82, 2.24) is 10.6 Å². The molecule has 10 heteroatoms. The second-order valence-corrected chi connectivity index (χ2v) is 4.33. The van der Waals surface area contributed by atoms with Crippen LogP contribution in [-0.2, 0) is 19.2 Å². The highest BCUT2D eigenvalue weighted by molar-refractivity contribution is 5.84. The van der Waals surface area contributed by atoms with Gasteiger partial charge < -0.3 is 32.3 Å². The summed E-state index contributed by atoms with van der Waals surface area (Å²) in [5.74, 6) is -3.37. The summed E-state index contributed by atoms with van der Waals surface area (Å²) in [6.07, 6.45) is -0.372. The average Bonchev–Trinajstić information content (AvgIpc) is 2.40. The lowest BCUT2D eigenvalue weighted by Gasteiger charge is -2.09. The molecule has 0 aromatic rings. The van der Waals surface area contributed by atoms with Gasteiger partial charge in [-0.3, -0.25) is 19.2 Å². The minimum Gasteiger partial charge on any atom is -0.480 e. The monoisotopic (exact) mass is 304 g/mol. The van der Waals surface area contributed by atoms with Crippen LogP contribution in [0.15, 0.2) is 0 Å². The number of nitrogens with one attached hydrogen (secondary N) is 2. The number of carbonyl (C=O) groups excluding carboxylic acids is 2. The van der Waals surface area contributed by atoms with Gasteiger partial charge in [-0.15, -0.1) is 0 Å². The summed E-state index contributed by atoms with van der Waals surface area (Å²) in [6, 6.07) is -2.36. The average molecular weight is 304 g/mol. The predicted octanol–water partition coefficient (Wildman–Crippen LogP) is -2.79. The summed E-state index contributed by atoms with van der Waals surface area (Å²) < 4.78 is 0. The van der Waals surface area contributed by atoms with E-state index in [0.29, 0.717) is 0 Å². The van der Waals surface area contributed by atoms with E-state index in [1.807, 2.05) is 0 Å². The molecule has 0 aliphatic rings. The second-order valence-electron chi connectivity index (χ2n) is 4.33. The topological polar surface area (TPSA) is 185 Å². The van der Waals surface area contributed by atoms with E-state index in [1.165, 1.54) is 0 Å². The van der Waals surface area contributed by atoms with Crippen LogP contribution in [-0.4, -0.2) is 59.1 Å². The Morgan fingerprint density at radius 3 is 1.81 bits per heavy atom. The molecule has 0 radical (unpaired) electrons. The van der Waals surface area contributed by atoms with E-state index in [2.05, 4.69) is 10.6 Å². The van der Waals surface area contributed by atoms with E-state index in [4.69, 9.17) is 21.7 Å². The van der Waals surface area contributed by atoms with Crippen LogP contribution in [0, 0.1) is 0 Å². The second kappa shape index (κ2) is 9.66. The first-order valence-electron chi connectivity index (χ1n) is 6.24. The van der Waals surface area contributed by atoms with Crippen molar-refractivity contribution < 1.29 is 29.4 Å². The van der Waals surface area contributed by atoms with Crippen LogP contribution >= 0.6 is 0 Å². The predicted molar refractivity (Wildman–Crippen MR) is 71.1 cm³/mol. The first-order chi connectivity index (χ1) is 9.73. The summed E-state index contributed by atoms with van der Waals surface area (Å²) in [6.45, 7) is 0.247. The number of aliphatic carboxylic acids is 2. The summed E-state index contributed by atoms with van der Waals surface area (Å²) in [5.41, 5.74) is 10.4. The molecule has 0 unspecified atom stereocenters. The zero-order chi connectivity index (χ0) is 16.4. The van der Waals surface area contributed by atoms with Crippen molar-refractivity contribution in [2.45, 2.75) is 31.3 Å². The number of amides is 2. The van der Waals surface area contributed by atoms with E-state index >= 15 is 0 Å². The summed E-state index contributed by atoms with van der Waals surface area (Å²) >= 11 is 0. The summed E-state index contributed by atoms with van der Waals surface area (Å²) in [4.78, 5) is 43.4. The number of carboxylic acids is 2. The lowest BCUT2D eigenvalue weighted by molar-refractivity contribution is -0.140. The Kier molecular flexibility index (Phi) is 8.65. The van der Waals surface area contributed by atoms with Gasteiger partial charge >= 0.3 is 11.9 Å². The molecular weight excluding hydrogens is 284 g/mol. The molecule has 0 saturated heterocycles. The normalized spacial score (nSPS) is 13.0. The van der Waals surface area contributed by atoms with E-state index in [9.17, 15) is 19.2 Å². The first-order valence-corrected chi connectivity index (χ1v) is 6.24. The lowest BCUT2D eigenvalue weighted by Crippen LogP contribution is -2.40. The van der Waals surface area contributed by atoms with Crippen molar-refractivity contribution in [2.24, 2.45) is 11.5 Å². The molecule has 0 saturated carbocycles. The molecule has 0 aliphatic carbocycles. The van der Waals surface area contributed by atoms with E-state index in [1.54, 1.807) is 0 Å². The molecule has 21 heavy (non-hydrogen) atoms. The Morgan fingerprint density at radius 2 is 1.33 bits per heavy atom. The molecule has 10 nitrogen and oxygen atoms in total. The van der Waals surface area contributed by atoms with Gasteiger partial charge in [0.05, 0.1) is 6.42 Å². The number of carboxylic acid groups (broad SMARTS) is 2. The van der Waals surface area contributed by atoms with Gasteiger partial charge in [0.25, 0.3) is 0 Å². The van der Waals surface area contributed by atoms with Crippen LogP contribution < -0.4 is 22.1 Å². The largest absolute Gasteiger partial charge is 0.480 e. The van der Waals surface area contributed by atoms with Crippen molar-refractivity contribution in [3.8, 4) is 0 Å². The highest BCUT2D eigenvalue weighted by Gasteiger charge is 2.16. The molecule has 0 spiro atoms. The smallest absolute Gasteiger partial charge is 0.321 e. The molecule has 0 aromatic heterocycles. The van der Waals surface area contributed by atoms with Crippen molar-refractivity contribution in [3.63, 3.8) is 0 Å². The van der Waals surface area contributed by atoms with Crippen LogP contribution in [0.1, 0.15) is 19.3 Å². The fraction of sp³-hybridized carbons (Fsp3) is 0.636. The summed E-state index contributed by atoms with van der Waals surface area (Å²) in [5, 5.41) is 21.9. The maximum atomic E-state index is 11.3. The van der Waals surface area contributed by atoms with Gasteiger partial charge in [0.1, 0.15) is 12.1 Å². The minimum absolute atomic E-state index is 0.0149. The Hall–Kier alpha value is -2.20. The third kappa shape index (κ3) is 9.35. The van der Waals surface area contributed by atoms with E-state index < -0.39 is 29.9 Å². The van der Waals surface area contributed by atoms with Crippen LogP contribution in [0.3, 0.4) is 0 Å². The molecule has 2 atom stereocenters. The standard InChI is InChI=1S/C11H20N4O6/c12-6(10(18)19)1-2-8(16)14-3-4-15-9(17)5-7(13)11(20)21/h6-7H,1-5,12-13H2,(H,14,16)(H,15,17)(H,18,19)(H,20,21)/t6-,7-/m0/s1. The van der Waals surface area contributed by atoms with Crippen molar-refractivity contribution in [2.75, 3.05) is 13.1 Å². The third-order valence-electron chi connectivity index (χ3n) is 2.49. The highest BCUT2D eigenvalue weighted by atomic mass is 16.4. The van der Waals surface area contributed by atoms with E-state index in [-0.39, 0.29) is 38.3 Å². The maximum absolute atomic E-state index is 11.3. The van der Waals surface area contributed by atoms with Gasteiger partial charge in [-0.2, -0.15) is 0 Å². The third-order valence-corrected chi connectivity index (χ3v) is 2.49. The Morgan fingerprint density at radius 1 is 0.857 bits per heavy atom. The Balaban J connectivity index is 3.71. The van der Waals surface area contributed by atoms with Crippen LogP contribution in [0.5, 0.6) is 0 Å². The van der Waals surface area contributed by atoms with Gasteiger partial charge in [0, 0.05) is 19.5 Å². The SMILES string of the molecule is N[C@@H](CCC(=O)NCCNC(=O)C[C@H](N)C(=O)O)C(=O)O. The zero-order valence-corrected chi connectivity index (χ0v) is 11.4. The Bertz CT molecular complexity index is 400. The highest BCUT2D eigenvalue weighted by Crippen LogP contribution is 1.94. The summed E-state index contributed by atoms with van der Waals surface area (Å²) in [7, 11) is 0. The van der Waals surface area contributed by atoms with Gasteiger partial charge in [0.2, 0.25) is 11.8 Å². The minimum atomic E-state index is -1.27. The number of carbonyl (C=O) groups is 4. The molecule has 2 amide bonds. The van der Waals surface area contributed by atoms with Crippen LogP contribution in [0.4, 0.5) is 0 Å². The number of hydrogen-bond donors (Lipinski definition) is 6. The van der Waals surface area contributed by atoms with E-state index in [0.717, 1.165) is 0 Å². The molecule has 0 fully saturated rings. The molecule has 8 N–H and O–H groups in total. The molecule has 0 aliphatic heterocycles. The van der Waals surface area contributed by atoms with Crippen molar-refractivity contribution in [3.05, 3.63) is 0 Å². The molecule has 120 valence electrons. The van der Waals surface area contributed by atoms with Crippen LogP contribution in [0.2, 0.25) is 0 Å². The quantitative estimate of drug-likeness (QED) is 0.234. The maximum Gasteiger partial charge on any atom is 0.321 e. The van der Waals surface area contributed by atoms with Gasteiger partial charge in [0.15, 0.2) is 0 Å². The van der Waals surface area contributed by atoms with Crippen molar-refractivity contribution >= 4 is 23.8 Å². The zero-order valence-electron chi connectivity index (χ0n) is 11.4. The first kappa shape index (κ1) is 18.8. The fourth-order valence-corrected chi connectivity index (χ4v) is 1.26. The lowest BCUT2D eigenvalue weighted by atomic mass is 10.1. The molecule has 0 rings (SSSR count). The van der Waals surface area contributed by atoms with Crippen LogP contribution in [0.25, 0.3) is 0 Å². The Labute approximate surface area is 120 Å². The number of rotatable bonds is 10. The van der Waals surface area contributed by atoms with Crippen molar-refractivity contribution in [1.29, 1.82) is 0 Å². The van der Waals surface area contributed by atoms with Gasteiger partial charge in [-0.05, 0) is 6.42 Å². The number of nitrogens with two attached hydrogens (primary N) is 2. The molecule has 0 bridgehead atoms.